The second kappa shape index (κ2) is 7.52. The average Bonchev–Trinajstić information content (AvgIpc) is 3.43. The first-order valence-electron chi connectivity index (χ1n) is 12.4. The third kappa shape index (κ3) is 2.82. The fourth-order valence-electron chi connectivity index (χ4n) is 7.30. The number of rotatable bonds is 4. The Bertz CT molecular complexity index is 1160. The van der Waals surface area contributed by atoms with E-state index in [1.165, 1.54) is 30.4 Å². The summed E-state index contributed by atoms with van der Waals surface area (Å²) in [6.45, 7) is 12.2. The molecule has 166 valence electrons. The van der Waals surface area contributed by atoms with E-state index in [1.54, 1.807) is 39.0 Å². The van der Waals surface area contributed by atoms with Crippen molar-refractivity contribution in [2.75, 3.05) is 0 Å². The van der Waals surface area contributed by atoms with Crippen molar-refractivity contribution >= 4 is 6.08 Å². The van der Waals surface area contributed by atoms with E-state index in [2.05, 4.69) is 98.6 Å². The molecule has 0 aromatic heterocycles. The SMILES string of the molecule is CC1=C(C)[C](C)([Hf]([CH3])([CH3])[C]2(Cc3ccccc3)C=Cc3cc4c(cc32)CCC4)C(C)=C1C. The van der Waals surface area contributed by atoms with Crippen molar-refractivity contribution in [3.63, 3.8) is 0 Å². The van der Waals surface area contributed by atoms with Crippen LogP contribution in [0.15, 0.2) is 70.8 Å². The molecule has 0 saturated heterocycles. The predicted octanol–water partition coefficient (Wildman–Crippen LogP) is 8.76. The third-order valence-corrected chi connectivity index (χ3v) is 32.1. The summed E-state index contributed by atoms with van der Waals surface area (Å²) in [4.78, 5) is 0. The Hall–Kier alpha value is -1.47. The molecule has 3 aliphatic rings. The average molecular weight is 589 g/mol. The van der Waals surface area contributed by atoms with Gasteiger partial charge in [0.2, 0.25) is 0 Å². The van der Waals surface area contributed by atoms with Gasteiger partial charge in [-0.2, -0.15) is 0 Å². The predicted molar refractivity (Wildman–Crippen MR) is 136 cm³/mol. The van der Waals surface area contributed by atoms with Gasteiger partial charge in [-0.25, -0.2) is 0 Å². The van der Waals surface area contributed by atoms with E-state index in [9.17, 15) is 0 Å². The molecule has 0 N–H and O–H groups in total. The molecule has 2 aromatic carbocycles. The molecule has 1 heteroatoms. The molecule has 0 aliphatic heterocycles. The minimum absolute atomic E-state index is 0.170. The number of aryl methyl sites for hydroxylation is 2. The number of benzene rings is 2. The van der Waals surface area contributed by atoms with Gasteiger partial charge in [0.25, 0.3) is 0 Å². The van der Waals surface area contributed by atoms with Crippen LogP contribution in [0.25, 0.3) is 6.08 Å². The summed E-state index contributed by atoms with van der Waals surface area (Å²) in [6, 6.07) is 16.5. The molecule has 5 rings (SSSR count). The van der Waals surface area contributed by atoms with E-state index in [4.69, 9.17) is 0 Å². The van der Waals surface area contributed by atoms with Crippen molar-refractivity contribution < 1.29 is 20.0 Å². The molecule has 0 nitrogen and oxygen atoms in total. The fraction of sp³-hybridized carbons (Fsp3) is 0.419. The second-order valence-corrected chi connectivity index (χ2v) is 29.8. The van der Waals surface area contributed by atoms with Gasteiger partial charge >= 0.3 is 201 Å². The van der Waals surface area contributed by atoms with Crippen LogP contribution < -0.4 is 0 Å². The maximum absolute atomic E-state index is 3.18. The van der Waals surface area contributed by atoms with E-state index in [-0.39, 0.29) is 6.34 Å². The van der Waals surface area contributed by atoms with Crippen molar-refractivity contribution in [3.05, 3.63) is 98.7 Å². The Labute approximate surface area is 199 Å². The first kappa shape index (κ1) is 22.3. The van der Waals surface area contributed by atoms with Gasteiger partial charge < -0.3 is 0 Å². The maximum atomic E-state index is 2.77. The molecule has 32 heavy (non-hydrogen) atoms. The quantitative estimate of drug-likeness (QED) is 0.313. The zero-order valence-electron chi connectivity index (χ0n) is 21.0. The third-order valence-electron chi connectivity index (χ3n) is 10.2. The Kier molecular flexibility index (Phi) is 5.25. The molecule has 0 spiro atoms. The van der Waals surface area contributed by atoms with Gasteiger partial charge in [0, 0.05) is 0 Å². The summed E-state index contributed by atoms with van der Waals surface area (Å²) < 4.78 is 5.94. The Morgan fingerprint density at radius 1 is 0.844 bits per heavy atom. The van der Waals surface area contributed by atoms with Gasteiger partial charge in [-0.15, -0.1) is 0 Å². The molecule has 0 amide bonds. The molecule has 0 heterocycles. The van der Waals surface area contributed by atoms with Gasteiger partial charge in [0.15, 0.2) is 0 Å². The normalized spacial score (nSPS) is 23.8. The summed E-state index contributed by atoms with van der Waals surface area (Å²) >= 11 is -3.18. The number of hydrogen-bond donors (Lipinski definition) is 0. The van der Waals surface area contributed by atoms with E-state index >= 15 is 0 Å². The second-order valence-electron chi connectivity index (χ2n) is 11.3. The summed E-state index contributed by atoms with van der Waals surface area (Å²) in [5.74, 6) is 0. The Balaban J connectivity index is 1.76. The molecule has 2 aromatic rings. The Morgan fingerprint density at radius 2 is 1.44 bits per heavy atom. The molecule has 1 atom stereocenters. The van der Waals surface area contributed by atoms with Crippen LogP contribution >= 0.6 is 0 Å². The van der Waals surface area contributed by atoms with E-state index in [0.29, 0.717) is 0 Å². The van der Waals surface area contributed by atoms with Crippen LogP contribution in [-0.2, 0) is 42.4 Å². The van der Waals surface area contributed by atoms with Crippen LogP contribution in [0, 0.1) is 0 Å². The van der Waals surface area contributed by atoms with Crippen LogP contribution in [0.5, 0.6) is 0 Å². The summed E-state index contributed by atoms with van der Waals surface area (Å²) in [7, 11) is 0. The van der Waals surface area contributed by atoms with Gasteiger partial charge in [0.05, 0.1) is 0 Å². The van der Waals surface area contributed by atoms with Crippen LogP contribution in [0.4, 0.5) is 0 Å². The zero-order valence-corrected chi connectivity index (χ0v) is 24.6. The molecule has 3 aliphatic carbocycles. The standard InChI is InChI=1S/C19H17.C10H15.2CH3.Hf/c1-2-5-14(6-3-1)11-17-9-10-18-12-15-7-4-8-16(15)13-19(17)18;1-6-7(2)9(4)10(5)8(6)3;;;/h1-3,5-6,9-10,12-13H,4,7-8,11H2;1-5H3;2*1H3;. The molecule has 0 radical (unpaired) electrons. The van der Waals surface area contributed by atoms with Crippen molar-refractivity contribution in [2.45, 2.75) is 76.0 Å². The van der Waals surface area contributed by atoms with Crippen molar-refractivity contribution in [3.8, 4) is 0 Å². The van der Waals surface area contributed by atoms with Crippen LogP contribution in [-0.4, -0.2) is 0 Å². The van der Waals surface area contributed by atoms with Crippen molar-refractivity contribution in [1.29, 1.82) is 0 Å². The molecule has 0 saturated carbocycles. The van der Waals surface area contributed by atoms with Crippen molar-refractivity contribution in [2.24, 2.45) is 0 Å². The van der Waals surface area contributed by atoms with Crippen LogP contribution in [0.2, 0.25) is 12.5 Å². The first-order valence-corrected chi connectivity index (χ1v) is 23.2. The van der Waals surface area contributed by atoms with E-state index < -0.39 is 20.0 Å². The minimum atomic E-state index is -3.18. The van der Waals surface area contributed by atoms with Gasteiger partial charge in [0.1, 0.15) is 0 Å². The molecule has 0 bridgehead atoms. The fourth-order valence-corrected chi connectivity index (χ4v) is 25.9. The first-order chi connectivity index (χ1) is 15.1. The summed E-state index contributed by atoms with van der Waals surface area (Å²) in [5, 5.41) is 0. The molecule has 1 unspecified atom stereocenters. The number of hydrogen-bond acceptors (Lipinski definition) is 0. The summed E-state index contributed by atoms with van der Waals surface area (Å²) in [5.41, 5.74) is 14.3. The van der Waals surface area contributed by atoms with Crippen LogP contribution in [0.1, 0.15) is 68.9 Å². The van der Waals surface area contributed by atoms with E-state index in [0.717, 1.165) is 6.42 Å². The monoisotopic (exact) mass is 590 g/mol. The van der Waals surface area contributed by atoms with Gasteiger partial charge in [-0.1, -0.05) is 0 Å². The van der Waals surface area contributed by atoms with E-state index in [1.807, 2.05) is 0 Å². The zero-order chi connectivity index (χ0) is 22.9. The van der Waals surface area contributed by atoms with Crippen LogP contribution in [0.3, 0.4) is 0 Å². The molecular weight excluding hydrogens is 551 g/mol. The molecular formula is C31H38Hf. The van der Waals surface area contributed by atoms with Crippen molar-refractivity contribution in [1.82, 2.24) is 0 Å². The summed E-state index contributed by atoms with van der Waals surface area (Å²) in [6.07, 6.45) is 10.1. The van der Waals surface area contributed by atoms with Gasteiger partial charge in [-0.05, 0) is 0 Å². The molecule has 0 fully saturated rings. The number of allylic oxidation sites excluding steroid dienone is 5. The Morgan fingerprint density at radius 3 is 2.06 bits per heavy atom. The topological polar surface area (TPSA) is 0 Å². The number of fused-ring (bicyclic) bond motifs is 2. The van der Waals surface area contributed by atoms with Gasteiger partial charge in [-0.3, -0.25) is 0 Å².